The number of carbonyl (C=O) groups excluding carboxylic acids is 1. The first-order chi connectivity index (χ1) is 17.3. The van der Waals surface area contributed by atoms with Gasteiger partial charge in [-0.15, -0.1) is 0 Å². The van der Waals surface area contributed by atoms with Crippen molar-refractivity contribution in [3.8, 4) is 0 Å². The van der Waals surface area contributed by atoms with Crippen molar-refractivity contribution in [1.29, 1.82) is 0 Å². The summed E-state index contributed by atoms with van der Waals surface area (Å²) < 4.78 is 5.47. The van der Waals surface area contributed by atoms with Crippen molar-refractivity contribution in [2.75, 3.05) is 36.5 Å². The van der Waals surface area contributed by atoms with Crippen LogP contribution in [-0.4, -0.2) is 43.3 Å². The molecule has 0 radical (unpaired) electrons. The average molecular weight is 483 g/mol. The number of hydrogen-bond donors (Lipinski definition) is 2. The molecule has 3 aromatic rings. The molecule has 1 aliphatic heterocycles. The first-order valence-corrected chi connectivity index (χ1v) is 12.2. The number of nitrogens with one attached hydrogen (secondary N) is 1. The number of benzene rings is 3. The number of aromatic carboxylic acids is 1. The molecule has 0 aromatic heterocycles. The molecular weight excluding hydrogens is 452 g/mol. The fraction of sp³-hybridized carbons (Fsp3) is 0.267. The van der Waals surface area contributed by atoms with Crippen molar-refractivity contribution >= 4 is 28.8 Å². The number of allylic oxidation sites excluding steroid dienone is 1. The van der Waals surface area contributed by atoms with E-state index in [1.165, 1.54) is 23.4 Å². The third-order valence-corrected chi connectivity index (χ3v) is 7.06. The van der Waals surface area contributed by atoms with E-state index in [0.29, 0.717) is 11.3 Å². The van der Waals surface area contributed by atoms with Gasteiger partial charge >= 0.3 is 5.97 Å². The van der Waals surface area contributed by atoms with Crippen molar-refractivity contribution < 1.29 is 19.4 Å². The summed E-state index contributed by atoms with van der Waals surface area (Å²) in [5.74, 6) is -1.23. The van der Waals surface area contributed by atoms with Crippen LogP contribution in [0.4, 0.5) is 11.4 Å². The molecule has 1 heterocycles. The average Bonchev–Trinajstić information content (AvgIpc) is 2.89. The molecule has 36 heavy (non-hydrogen) atoms. The number of carbonyl (C=O) groups is 2. The van der Waals surface area contributed by atoms with Crippen molar-refractivity contribution in [3.63, 3.8) is 0 Å². The van der Waals surface area contributed by atoms with Crippen LogP contribution in [0, 0.1) is 0 Å². The van der Waals surface area contributed by atoms with Gasteiger partial charge in [0.25, 0.3) is 5.91 Å². The molecule has 1 amide bonds. The largest absolute Gasteiger partial charge is 0.478 e. The minimum absolute atomic E-state index is 0.0335. The Morgan fingerprint density at radius 1 is 0.917 bits per heavy atom. The van der Waals surface area contributed by atoms with E-state index in [4.69, 9.17) is 9.84 Å². The van der Waals surface area contributed by atoms with Crippen molar-refractivity contribution in [2.24, 2.45) is 0 Å². The minimum Gasteiger partial charge on any atom is -0.478 e. The predicted octanol–water partition coefficient (Wildman–Crippen LogP) is 5.59. The highest BCUT2D eigenvalue weighted by Gasteiger charge is 2.29. The Morgan fingerprint density at radius 2 is 1.58 bits per heavy atom. The van der Waals surface area contributed by atoms with Crippen molar-refractivity contribution in [1.82, 2.24) is 0 Å². The van der Waals surface area contributed by atoms with Crippen LogP contribution in [0.3, 0.4) is 0 Å². The van der Waals surface area contributed by atoms with E-state index in [0.717, 1.165) is 49.4 Å². The van der Waals surface area contributed by atoms with Gasteiger partial charge in [0.1, 0.15) is 0 Å². The third kappa shape index (κ3) is 4.77. The van der Waals surface area contributed by atoms with E-state index in [2.05, 4.69) is 60.5 Å². The quantitative estimate of drug-likeness (QED) is 0.496. The molecule has 1 fully saturated rings. The monoisotopic (exact) mass is 482 g/mol. The molecule has 0 saturated carbocycles. The number of hydrogen-bond acceptors (Lipinski definition) is 4. The molecule has 6 nitrogen and oxygen atoms in total. The Labute approximate surface area is 211 Å². The molecule has 0 unspecified atom stereocenters. The van der Waals surface area contributed by atoms with Gasteiger partial charge in [0.05, 0.1) is 18.8 Å². The molecule has 0 atom stereocenters. The number of carboxylic acids is 1. The molecule has 5 rings (SSSR count). The van der Waals surface area contributed by atoms with Gasteiger partial charge < -0.3 is 20.1 Å². The molecule has 6 heteroatoms. The Morgan fingerprint density at radius 3 is 2.25 bits per heavy atom. The molecule has 1 saturated heterocycles. The van der Waals surface area contributed by atoms with Gasteiger partial charge in [-0.1, -0.05) is 38.1 Å². The maximum atomic E-state index is 13.1. The van der Waals surface area contributed by atoms with Gasteiger partial charge in [0.2, 0.25) is 0 Å². The number of morpholine rings is 1. The van der Waals surface area contributed by atoms with Crippen LogP contribution >= 0.6 is 0 Å². The molecule has 2 N–H and O–H groups in total. The zero-order chi connectivity index (χ0) is 25.3. The maximum absolute atomic E-state index is 13.1. The lowest BCUT2D eigenvalue weighted by Gasteiger charge is -2.33. The zero-order valence-corrected chi connectivity index (χ0v) is 20.6. The normalized spacial score (nSPS) is 16.6. The molecule has 184 valence electrons. The van der Waals surface area contributed by atoms with E-state index in [-0.39, 0.29) is 16.9 Å². The standard InChI is InChI=1S/C30H30N2O4/c1-30(2)14-13-25(20-5-10-24(11-6-20)32-15-17-36-18-16-32)26-19-22(7-12-27(26)30)28(33)31-23-8-3-21(4-9-23)29(34)35/h3-13,19H,14-18H2,1-2H3,(H,31,33)(H,34,35). The first kappa shape index (κ1) is 23.8. The maximum Gasteiger partial charge on any atom is 0.335 e. The molecule has 1 aliphatic carbocycles. The fourth-order valence-corrected chi connectivity index (χ4v) is 4.92. The van der Waals surface area contributed by atoms with E-state index >= 15 is 0 Å². The highest BCUT2D eigenvalue weighted by molar-refractivity contribution is 6.05. The number of rotatable bonds is 5. The van der Waals surface area contributed by atoms with E-state index in [1.54, 1.807) is 12.1 Å². The molecule has 2 aliphatic rings. The molecule has 0 bridgehead atoms. The lowest BCUT2D eigenvalue weighted by atomic mass is 9.72. The Kier molecular flexibility index (Phi) is 6.37. The van der Waals surface area contributed by atoms with Crippen LogP contribution in [0.15, 0.2) is 72.8 Å². The van der Waals surface area contributed by atoms with Gasteiger partial charge in [-0.3, -0.25) is 4.79 Å². The van der Waals surface area contributed by atoms with Crippen LogP contribution in [-0.2, 0) is 10.2 Å². The van der Waals surface area contributed by atoms with Crippen LogP contribution in [0.25, 0.3) is 5.57 Å². The summed E-state index contributed by atoms with van der Waals surface area (Å²) in [5, 5.41) is 12.0. The van der Waals surface area contributed by atoms with E-state index in [9.17, 15) is 9.59 Å². The predicted molar refractivity (Wildman–Crippen MR) is 142 cm³/mol. The van der Waals surface area contributed by atoms with Crippen LogP contribution in [0.1, 0.15) is 57.7 Å². The fourth-order valence-electron chi connectivity index (χ4n) is 4.92. The number of carboxylic acid groups (broad SMARTS) is 1. The summed E-state index contributed by atoms with van der Waals surface area (Å²) in [6, 6.07) is 20.7. The number of nitrogens with zero attached hydrogens (tertiary/aromatic N) is 1. The Bertz CT molecular complexity index is 1320. The number of ether oxygens (including phenoxy) is 1. The summed E-state index contributed by atoms with van der Waals surface area (Å²) in [7, 11) is 0. The Balaban J connectivity index is 1.42. The lowest BCUT2D eigenvalue weighted by molar-refractivity contribution is 0.0696. The van der Waals surface area contributed by atoms with Gasteiger partial charge in [-0.2, -0.15) is 0 Å². The van der Waals surface area contributed by atoms with Crippen LogP contribution in [0.2, 0.25) is 0 Å². The topological polar surface area (TPSA) is 78.9 Å². The molecule has 3 aromatic carbocycles. The third-order valence-electron chi connectivity index (χ3n) is 7.06. The minimum atomic E-state index is -0.998. The van der Waals surface area contributed by atoms with Gasteiger partial charge in [-0.05, 0) is 82.6 Å². The van der Waals surface area contributed by atoms with E-state index in [1.807, 2.05) is 12.1 Å². The van der Waals surface area contributed by atoms with Crippen molar-refractivity contribution in [3.05, 3.63) is 101 Å². The lowest BCUT2D eigenvalue weighted by Crippen LogP contribution is -2.36. The van der Waals surface area contributed by atoms with Gasteiger partial charge in [0, 0.05) is 30.0 Å². The first-order valence-electron chi connectivity index (χ1n) is 12.2. The second-order valence-electron chi connectivity index (χ2n) is 9.95. The summed E-state index contributed by atoms with van der Waals surface area (Å²) in [5.41, 5.74) is 7.01. The summed E-state index contributed by atoms with van der Waals surface area (Å²) >= 11 is 0. The molecule has 0 spiro atoms. The van der Waals surface area contributed by atoms with Crippen molar-refractivity contribution in [2.45, 2.75) is 25.7 Å². The SMILES string of the molecule is CC1(C)CC=C(c2ccc(N3CCOCC3)cc2)c2cc(C(=O)Nc3ccc(C(=O)O)cc3)ccc21. The summed E-state index contributed by atoms with van der Waals surface area (Å²) in [4.78, 5) is 26.5. The highest BCUT2D eigenvalue weighted by atomic mass is 16.5. The zero-order valence-electron chi connectivity index (χ0n) is 20.6. The van der Waals surface area contributed by atoms with Gasteiger partial charge in [-0.25, -0.2) is 4.79 Å². The van der Waals surface area contributed by atoms with E-state index < -0.39 is 5.97 Å². The smallest absolute Gasteiger partial charge is 0.335 e. The number of amides is 1. The second kappa shape index (κ2) is 9.63. The number of anilines is 2. The number of fused-ring (bicyclic) bond motifs is 1. The van der Waals surface area contributed by atoms with Crippen LogP contribution in [0.5, 0.6) is 0 Å². The van der Waals surface area contributed by atoms with Gasteiger partial charge in [0.15, 0.2) is 0 Å². The highest BCUT2D eigenvalue weighted by Crippen LogP contribution is 2.42. The molecular formula is C30H30N2O4. The summed E-state index contributed by atoms with van der Waals surface area (Å²) in [6.45, 7) is 7.76. The van der Waals surface area contributed by atoms with Crippen LogP contribution < -0.4 is 10.2 Å². The summed E-state index contributed by atoms with van der Waals surface area (Å²) in [6.07, 6.45) is 3.19. The second-order valence-corrected chi connectivity index (χ2v) is 9.95. The Hall–Kier alpha value is -3.90.